The van der Waals surface area contributed by atoms with Gasteiger partial charge in [-0.05, 0) is 71.0 Å². The Kier molecular flexibility index (Phi) is 7.26. The van der Waals surface area contributed by atoms with Gasteiger partial charge < -0.3 is 14.6 Å². The molecule has 0 fully saturated rings. The standard InChI is InChI=1S/C24H29F3N2O6S/c1-22(2,3)35-21(30)28-16-9-10-20-19(12-16)29(14-17(34-20)13-23(4,5)31)36(32,33)18-8-6-7-15(11-18)24(25,26)27/h6-12,17,31H,13-14H2,1-5H3,(H,28,30). The zero-order chi connectivity index (χ0) is 27.1. The van der Waals surface area contributed by atoms with E-state index in [1.165, 1.54) is 32.0 Å². The minimum absolute atomic E-state index is 0.0213. The molecule has 0 aromatic heterocycles. The Labute approximate surface area is 208 Å². The van der Waals surface area contributed by atoms with Crippen LogP contribution in [0.25, 0.3) is 0 Å². The maximum atomic E-state index is 13.6. The molecule has 12 heteroatoms. The molecule has 36 heavy (non-hydrogen) atoms. The highest BCUT2D eigenvalue weighted by molar-refractivity contribution is 7.92. The van der Waals surface area contributed by atoms with Crippen LogP contribution in [0.15, 0.2) is 47.4 Å². The Hall–Kier alpha value is -2.99. The van der Waals surface area contributed by atoms with Gasteiger partial charge >= 0.3 is 12.3 Å². The molecule has 1 heterocycles. The number of halogens is 3. The minimum Gasteiger partial charge on any atom is -0.486 e. The fourth-order valence-electron chi connectivity index (χ4n) is 3.66. The van der Waals surface area contributed by atoms with Crippen molar-refractivity contribution in [1.82, 2.24) is 0 Å². The molecule has 1 aliphatic rings. The molecule has 1 amide bonds. The van der Waals surface area contributed by atoms with Crippen LogP contribution in [0.5, 0.6) is 5.75 Å². The number of aliphatic hydroxyl groups is 1. The van der Waals surface area contributed by atoms with Gasteiger partial charge in [0.05, 0.1) is 28.3 Å². The van der Waals surface area contributed by atoms with Crippen molar-refractivity contribution >= 4 is 27.5 Å². The summed E-state index contributed by atoms with van der Waals surface area (Å²) in [5, 5.41) is 12.8. The van der Waals surface area contributed by atoms with Crippen molar-refractivity contribution in [2.45, 2.75) is 69.4 Å². The first-order valence-electron chi connectivity index (χ1n) is 11.1. The van der Waals surface area contributed by atoms with E-state index >= 15 is 0 Å². The van der Waals surface area contributed by atoms with Gasteiger partial charge in [0.2, 0.25) is 0 Å². The van der Waals surface area contributed by atoms with Crippen molar-refractivity contribution in [3.05, 3.63) is 48.0 Å². The van der Waals surface area contributed by atoms with Crippen LogP contribution < -0.4 is 14.4 Å². The number of ether oxygens (including phenoxy) is 2. The van der Waals surface area contributed by atoms with Crippen LogP contribution in [0.2, 0.25) is 0 Å². The second-order valence-corrected chi connectivity index (χ2v) is 12.0. The van der Waals surface area contributed by atoms with Crippen molar-refractivity contribution in [3.8, 4) is 5.75 Å². The number of carbonyl (C=O) groups excluding carboxylic acids is 1. The highest BCUT2D eigenvalue weighted by Crippen LogP contribution is 2.41. The Morgan fingerprint density at radius 1 is 1.14 bits per heavy atom. The second kappa shape index (κ2) is 9.47. The van der Waals surface area contributed by atoms with Gasteiger partial charge in [-0.1, -0.05) is 6.07 Å². The normalized spacial score (nSPS) is 16.7. The molecule has 0 saturated carbocycles. The molecule has 0 saturated heterocycles. The number of anilines is 2. The van der Waals surface area contributed by atoms with Crippen LogP contribution in [0.1, 0.15) is 46.6 Å². The predicted molar refractivity (Wildman–Crippen MR) is 128 cm³/mol. The van der Waals surface area contributed by atoms with E-state index in [1.807, 2.05) is 0 Å². The van der Waals surface area contributed by atoms with Crippen molar-refractivity contribution < 1.29 is 41.0 Å². The molecule has 1 unspecified atom stereocenters. The summed E-state index contributed by atoms with van der Waals surface area (Å²) >= 11 is 0. The van der Waals surface area contributed by atoms with Gasteiger partial charge in [0.1, 0.15) is 17.5 Å². The molecule has 2 N–H and O–H groups in total. The second-order valence-electron chi connectivity index (χ2n) is 10.1. The summed E-state index contributed by atoms with van der Waals surface area (Å²) in [5.41, 5.74) is -2.87. The molecule has 1 aliphatic heterocycles. The average molecular weight is 531 g/mol. The van der Waals surface area contributed by atoms with E-state index in [9.17, 15) is 31.5 Å². The largest absolute Gasteiger partial charge is 0.486 e. The Bertz CT molecular complexity index is 1230. The summed E-state index contributed by atoms with van der Waals surface area (Å²) in [4.78, 5) is 11.6. The summed E-state index contributed by atoms with van der Waals surface area (Å²) in [5.74, 6) is 0.126. The Balaban J connectivity index is 2.05. The molecule has 1 atom stereocenters. The molecule has 0 radical (unpaired) electrons. The van der Waals surface area contributed by atoms with Crippen molar-refractivity contribution in [2.75, 3.05) is 16.2 Å². The fraction of sp³-hybridized carbons (Fsp3) is 0.458. The van der Waals surface area contributed by atoms with Crippen LogP contribution in [0.3, 0.4) is 0 Å². The first-order chi connectivity index (χ1) is 16.3. The molecule has 198 valence electrons. The van der Waals surface area contributed by atoms with Crippen molar-refractivity contribution in [3.63, 3.8) is 0 Å². The number of alkyl halides is 3. The molecule has 3 rings (SSSR count). The number of nitrogens with zero attached hydrogens (tertiary/aromatic N) is 1. The summed E-state index contributed by atoms with van der Waals surface area (Å²) in [6, 6.07) is 7.70. The van der Waals surface area contributed by atoms with Gasteiger partial charge in [-0.15, -0.1) is 0 Å². The van der Waals surface area contributed by atoms with Gasteiger partial charge in [-0.25, -0.2) is 13.2 Å². The maximum absolute atomic E-state index is 13.6. The zero-order valence-corrected chi connectivity index (χ0v) is 21.3. The number of carbonyl (C=O) groups is 1. The Morgan fingerprint density at radius 3 is 2.39 bits per heavy atom. The number of nitrogens with one attached hydrogen (secondary N) is 1. The highest BCUT2D eigenvalue weighted by atomic mass is 32.2. The summed E-state index contributed by atoms with van der Waals surface area (Å²) in [7, 11) is -4.49. The molecule has 0 aliphatic carbocycles. The third-order valence-corrected chi connectivity index (χ3v) is 6.79. The molecule has 2 aromatic carbocycles. The zero-order valence-electron chi connectivity index (χ0n) is 20.5. The van der Waals surface area contributed by atoms with Crippen LogP contribution >= 0.6 is 0 Å². The number of fused-ring (bicyclic) bond motifs is 1. The van der Waals surface area contributed by atoms with E-state index in [-0.39, 0.29) is 30.1 Å². The van der Waals surface area contributed by atoms with Crippen molar-refractivity contribution in [2.24, 2.45) is 0 Å². The topological polar surface area (TPSA) is 105 Å². The molecule has 0 spiro atoms. The smallest absolute Gasteiger partial charge is 0.416 e. The average Bonchev–Trinajstić information content (AvgIpc) is 2.70. The van der Waals surface area contributed by atoms with E-state index < -0.39 is 50.1 Å². The third-order valence-electron chi connectivity index (χ3n) is 5.01. The summed E-state index contributed by atoms with van der Waals surface area (Å²) in [6.07, 6.45) is -6.24. The lowest BCUT2D eigenvalue weighted by molar-refractivity contribution is -0.137. The number of sulfonamides is 1. The van der Waals surface area contributed by atoms with Gasteiger partial charge in [-0.3, -0.25) is 9.62 Å². The predicted octanol–water partition coefficient (Wildman–Crippen LogP) is 5.17. The van der Waals surface area contributed by atoms with Crippen LogP contribution in [0, 0.1) is 0 Å². The van der Waals surface area contributed by atoms with Crippen LogP contribution in [-0.4, -0.2) is 43.5 Å². The SMILES string of the molecule is CC(C)(O)CC1CN(S(=O)(=O)c2cccc(C(F)(F)F)c2)c2cc(NC(=O)OC(C)(C)C)ccc2O1. The van der Waals surface area contributed by atoms with E-state index in [2.05, 4.69) is 5.32 Å². The molecule has 2 aromatic rings. The number of hydrogen-bond acceptors (Lipinski definition) is 6. The van der Waals surface area contributed by atoms with E-state index in [0.29, 0.717) is 6.07 Å². The first-order valence-corrected chi connectivity index (χ1v) is 12.5. The first kappa shape index (κ1) is 27.6. The van der Waals surface area contributed by atoms with Gasteiger partial charge in [0, 0.05) is 12.1 Å². The molecule has 8 nitrogen and oxygen atoms in total. The third kappa shape index (κ3) is 6.82. The van der Waals surface area contributed by atoms with E-state index in [4.69, 9.17) is 9.47 Å². The Morgan fingerprint density at radius 2 is 1.81 bits per heavy atom. The number of amides is 1. The van der Waals surface area contributed by atoms with E-state index in [0.717, 1.165) is 22.5 Å². The van der Waals surface area contributed by atoms with Crippen molar-refractivity contribution in [1.29, 1.82) is 0 Å². The number of rotatable bonds is 5. The van der Waals surface area contributed by atoms with E-state index in [1.54, 1.807) is 20.8 Å². The lowest BCUT2D eigenvalue weighted by atomic mass is 10.00. The van der Waals surface area contributed by atoms with Crippen LogP contribution in [0.4, 0.5) is 29.3 Å². The lowest BCUT2D eigenvalue weighted by Crippen LogP contribution is -2.46. The molecule has 0 bridgehead atoms. The monoisotopic (exact) mass is 530 g/mol. The van der Waals surface area contributed by atoms with Crippen LogP contribution in [-0.2, 0) is 20.9 Å². The lowest BCUT2D eigenvalue weighted by Gasteiger charge is -2.37. The number of hydrogen-bond donors (Lipinski definition) is 2. The van der Waals surface area contributed by atoms with Gasteiger partial charge in [-0.2, -0.15) is 13.2 Å². The quantitative estimate of drug-likeness (QED) is 0.553. The molecular formula is C24H29F3N2O6S. The number of benzene rings is 2. The molecular weight excluding hydrogens is 501 g/mol. The highest BCUT2D eigenvalue weighted by Gasteiger charge is 2.38. The maximum Gasteiger partial charge on any atom is 0.416 e. The summed E-state index contributed by atoms with van der Waals surface area (Å²) < 4.78 is 79.0. The fourth-order valence-corrected chi connectivity index (χ4v) is 5.21. The summed E-state index contributed by atoms with van der Waals surface area (Å²) in [6.45, 7) is 7.83. The van der Waals surface area contributed by atoms with Gasteiger partial charge in [0.15, 0.2) is 0 Å². The van der Waals surface area contributed by atoms with Gasteiger partial charge in [0.25, 0.3) is 10.0 Å². The minimum atomic E-state index is -4.73.